The molecule has 0 bridgehead atoms. The van der Waals surface area contributed by atoms with Crippen LogP contribution in [0.3, 0.4) is 0 Å². The van der Waals surface area contributed by atoms with Gasteiger partial charge in [-0.1, -0.05) is 0 Å². The minimum Gasteiger partial charge on any atom is -0.274 e. The number of hydrogen-bond donors (Lipinski definition) is 4. The van der Waals surface area contributed by atoms with Crippen LogP contribution in [0.4, 0.5) is 11.4 Å². The lowest BCUT2D eigenvalue weighted by molar-refractivity contribution is -0.394. The van der Waals surface area contributed by atoms with Gasteiger partial charge in [-0.3, -0.25) is 31.9 Å². The van der Waals surface area contributed by atoms with Gasteiger partial charge in [0.25, 0.3) is 11.4 Å². The van der Waals surface area contributed by atoms with Gasteiger partial charge < -0.3 is 0 Å². The minimum atomic E-state index is -2.87. The van der Waals surface area contributed by atoms with Gasteiger partial charge in [0.2, 0.25) is 0 Å². The lowest BCUT2D eigenvalue weighted by atomic mass is 10.3. The smallest absolute Gasteiger partial charge is 0.274 e. The van der Waals surface area contributed by atoms with Crippen LogP contribution in [0.15, 0.2) is 24.3 Å². The number of hydrogen-bond acceptors (Lipinski definition) is 7. The number of benzene rings is 1. The molecular formula is C6H10N4O7P+. The van der Waals surface area contributed by atoms with Crippen LogP contribution in [-0.4, -0.2) is 19.6 Å². The highest BCUT2D eigenvalue weighted by Crippen LogP contribution is 2.18. The first kappa shape index (κ1) is 18.3. The molecule has 0 saturated heterocycles. The molecule has 12 heteroatoms. The maximum Gasteiger partial charge on any atom is 0.692 e. The molecule has 0 saturated carbocycles. The molecule has 0 aliphatic carbocycles. The summed E-state index contributed by atoms with van der Waals surface area (Å²) in [7, 11) is -2.87. The predicted molar refractivity (Wildman–Crippen MR) is 60.2 cm³/mol. The second-order valence-electron chi connectivity index (χ2n) is 2.29. The van der Waals surface area contributed by atoms with E-state index in [2.05, 4.69) is 11.7 Å². The highest BCUT2D eigenvalue weighted by molar-refractivity contribution is 7.30. The maximum absolute atomic E-state index is 10.2. The van der Waals surface area contributed by atoms with E-state index < -0.39 is 18.1 Å². The minimum absolute atomic E-state index is 0.274. The fourth-order valence-corrected chi connectivity index (χ4v) is 0.720. The van der Waals surface area contributed by atoms with Gasteiger partial charge in [-0.15, -0.1) is 9.79 Å². The summed E-state index contributed by atoms with van der Waals surface area (Å²) < 4.78 is 8.70. The number of hydrazine groups is 1. The summed E-state index contributed by atoms with van der Waals surface area (Å²) >= 11 is 0. The molecule has 0 aromatic heterocycles. The number of non-ortho nitro benzene ring substituents is 2. The van der Waals surface area contributed by atoms with Crippen LogP contribution in [0.5, 0.6) is 0 Å². The van der Waals surface area contributed by atoms with Gasteiger partial charge >= 0.3 is 8.25 Å². The Bertz CT molecular complexity index is 393. The predicted octanol–water partition coefficient (Wildman–Crippen LogP) is -0.0498. The number of nitro benzene ring substituents is 2. The van der Waals surface area contributed by atoms with Crippen molar-refractivity contribution in [1.29, 1.82) is 0 Å². The molecule has 0 fully saturated rings. The van der Waals surface area contributed by atoms with Crippen LogP contribution < -0.4 is 11.7 Å². The zero-order valence-electron chi connectivity index (χ0n) is 8.74. The Labute approximate surface area is 101 Å². The average Bonchev–Trinajstić information content (AvgIpc) is 2.31. The van der Waals surface area contributed by atoms with E-state index in [1.807, 2.05) is 0 Å². The van der Waals surface area contributed by atoms with Gasteiger partial charge in [-0.25, -0.2) is 0 Å². The second kappa shape index (κ2) is 10.1. The van der Waals surface area contributed by atoms with E-state index in [-0.39, 0.29) is 11.4 Å². The lowest BCUT2D eigenvalue weighted by Gasteiger charge is -1.90. The van der Waals surface area contributed by atoms with Gasteiger partial charge in [0.1, 0.15) is 0 Å². The topological polar surface area (TPSA) is 196 Å². The van der Waals surface area contributed by atoms with E-state index >= 15 is 0 Å². The Morgan fingerprint density at radius 2 is 1.33 bits per heavy atom. The largest absolute Gasteiger partial charge is 0.692 e. The summed E-state index contributed by atoms with van der Waals surface area (Å²) in [5, 5.41) is 20.3. The Morgan fingerprint density at radius 1 is 1.06 bits per heavy atom. The summed E-state index contributed by atoms with van der Waals surface area (Å²) in [5.41, 5.74) is -0.548. The van der Waals surface area contributed by atoms with Crippen LogP contribution in [-0.2, 0) is 4.57 Å². The van der Waals surface area contributed by atoms with Crippen LogP contribution in [0.1, 0.15) is 0 Å². The van der Waals surface area contributed by atoms with Crippen molar-refractivity contribution >= 4 is 19.6 Å². The van der Waals surface area contributed by atoms with E-state index in [0.717, 1.165) is 6.07 Å². The van der Waals surface area contributed by atoms with Crippen molar-refractivity contribution in [1.82, 2.24) is 0 Å². The van der Waals surface area contributed by atoms with Crippen LogP contribution in [0.2, 0.25) is 0 Å². The van der Waals surface area contributed by atoms with E-state index in [1.54, 1.807) is 0 Å². The molecule has 6 N–H and O–H groups in total. The fourth-order valence-electron chi connectivity index (χ4n) is 0.720. The number of nitro groups is 2. The highest BCUT2D eigenvalue weighted by Gasteiger charge is 2.11. The monoisotopic (exact) mass is 281 g/mol. The normalized spacial score (nSPS) is 8.00. The van der Waals surface area contributed by atoms with Gasteiger partial charge in [0.05, 0.1) is 15.9 Å². The van der Waals surface area contributed by atoms with Gasteiger partial charge in [-0.05, 0) is 6.07 Å². The molecule has 0 aliphatic rings. The third kappa shape index (κ3) is 9.21. The zero-order chi connectivity index (χ0) is 14.7. The van der Waals surface area contributed by atoms with Crippen molar-refractivity contribution in [3.63, 3.8) is 0 Å². The molecule has 1 aromatic rings. The van der Waals surface area contributed by atoms with Crippen molar-refractivity contribution in [3.8, 4) is 0 Å². The number of nitrogens with zero attached hydrogens (tertiary/aromatic N) is 2. The molecule has 0 atom stereocenters. The SMILES string of the molecule is NN.O=[N+]([O-])c1cccc([N+](=O)[O-])c1.O=[P+](O)O. The Kier molecular flexibility index (Phi) is 10.3. The molecular weight excluding hydrogens is 271 g/mol. The third-order valence-electron chi connectivity index (χ3n) is 1.25. The molecule has 0 radical (unpaired) electrons. The Hall–Kier alpha value is -2.04. The van der Waals surface area contributed by atoms with Crippen molar-refractivity contribution in [2.45, 2.75) is 0 Å². The van der Waals surface area contributed by atoms with E-state index in [9.17, 15) is 20.2 Å². The van der Waals surface area contributed by atoms with Crippen LogP contribution in [0, 0.1) is 20.2 Å². The summed E-state index contributed by atoms with van der Waals surface area (Å²) in [6, 6.07) is 4.59. The van der Waals surface area contributed by atoms with Crippen molar-refractivity contribution < 1.29 is 24.2 Å². The number of nitrogens with two attached hydrogens (primary N) is 2. The standard InChI is InChI=1S/C6H4N2O4.H4N2.HO3P/c9-7(10)5-2-1-3-6(4-5)8(11)12;1-2;1-4(2)3/h1-4H;1-2H2;(H-,1,2,3)/p+1. The molecule has 0 amide bonds. The van der Waals surface area contributed by atoms with Gasteiger partial charge in [-0.2, -0.15) is 0 Å². The average molecular weight is 281 g/mol. The zero-order valence-corrected chi connectivity index (χ0v) is 9.64. The van der Waals surface area contributed by atoms with Crippen molar-refractivity contribution in [3.05, 3.63) is 44.5 Å². The molecule has 11 nitrogen and oxygen atoms in total. The van der Waals surface area contributed by atoms with E-state index in [1.165, 1.54) is 18.2 Å². The molecule has 0 heterocycles. The fraction of sp³-hybridized carbons (Fsp3) is 0. The molecule has 1 aromatic carbocycles. The van der Waals surface area contributed by atoms with Gasteiger partial charge in [0.15, 0.2) is 0 Å². The van der Waals surface area contributed by atoms with E-state index in [4.69, 9.17) is 14.4 Å². The summed E-state index contributed by atoms with van der Waals surface area (Å²) in [6.07, 6.45) is 0. The quantitative estimate of drug-likeness (QED) is 0.248. The number of rotatable bonds is 2. The molecule has 18 heavy (non-hydrogen) atoms. The summed E-state index contributed by atoms with van der Waals surface area (Å²) in [4.78, 5) is 33.2. The highest BCUT2D eigenvalue weighted by atomic mass is 31.1. The maximum atomic E-state index is 10.2. The second-order valence-corrected chi connectivity index (χ2v) is 2.79. The Morgan fingerprint density at radius 3 is 1.56 bits per heavy atom. The first-order valence-corrected chi connectivity index (χ1v) is 5.08. The molecule has 0 unspecified atom stereocenters. The van der Waals surface area contributed by atoms with Crippen LogP contribution >= 0.6 is 8.25 Å². The molecule has 0 spiro atoms. The summed E-state index contributed by atoms with van der Waals surface area (Å²) in [6.45, 7) is 0. The lowest BCUT2D eigenvalue weighted by Crippen LogP contribution is -2.02. The first-order valence-electron chi connectivity index (χ1n) is 3.91. The van der Waals surface area contributed by atoms with Gasteiger partial charge in [0, 0.05) is 16.7 Å². The summed E-state index contributed by atoms with van der Waals surface area (Å²) in [5.74, 6) is 8.00. The van der Waals surface area contributed by atoms with Crippen LogP contribution in [0.25, 0.3) is 0 Å². The molecule has 0 aliphatic heterocycles. The third-order valence-corrected chi connectivity index (χ3v) is 1.25. The molecule has 100 valence electrons. The van der Waals surface area contributed by atoms with Crippen molar-refractivity contribution in [2.24, 2.45) is 11.7 Å². The van der Waals surface area contributed by atoms with Crippen molar-refractivity contribution in [2.75, 3.05) is 0 Å². The first-order chi connectivity index (χ1) is 8.34. The van der Waals surface area contributed by atoms with E-state index in [0.29, 0.717) is 0 Å². The Balaban J connectivity index is 0. The molecule has 1 rings (SSSR count).